The third-order valence-electron chi connectivity index (χ3n) is 3.14. The molecule has 1 aliphatic heterocycles. The van der Waals surface area contributed by atoms with Crippen LogP contribution in [0.4, 0.5) is 0 Å². The maximum absolute atomic E-state index is 10.2. The second kappa shape index (κ2) is 5.02. The minimum atomic E-state index is -0.560. The van der Waals surface area contributed by atoms with Gasteiger partial charge < -0.3 is 10.4 Å². The molecule has 0 amide bonds. The number of aromatic nitrogens is 2. The number of thiazole rings is 1. The quantitative estimate of drug-likeness (QED) is 0.907. The second-order valence-corrected chi connectivity index (χ2v) is 6.87. The number of hydrogen-bond donors (Lipinski definition) is 2. The maximum Gasteiger partial charge on any atom is 0.195 e. The van der Waals surface area contributed by atoms with Crippen LogP contribution in [-0.4, -0.2) is 38.1 Å². The van der Waals surface area contributed by atoms with Gasteiger partial charge in [-0.1, -0.05) is 11.6 Å². The van der Waals surface area contributed by atoms with Crippen molar-refractivity contribution in [2.75, 3.05) is 18.1 Å². The summed E-state index contributed by atoms with van der Waals surface area (Å²) in [5.41, 5.74) is 0.400. The summed E-state index contributed by atoms with van der Waals surface area (Å²) in [7, 11) is 0. The van der Waals surface area contributed by atoms with Crippen LogP contribution in [-0.2, 0) is 6.54 Å². The predicted molar refractivity (Wildman–Crippen MR) is 76.7 cm³/mol. The normalized spacial score (nSPS) is 24.1. The SMILES string of the molecule is OC1(CNCc2c(Cl)nc3sccn23)CCSC1. The molecule has 0 aliphatic carbocycles. The molecule has 18 heavy (non-hydrogen) atoms. The predicted octanol–water partition coefficient (Wildman–Crippen LogP) is 2.01. The summed E-state index contributed by atoms with van der Waals surface area (Å²) >= 11 is 9.48. The molecule has 0 aromatic carbocycles. The van der Waals surface area contributed by atoms with Gasteiger partial charge in [-0.3, -0.25) is 4.40 Å². The summed E-state index contributed by atoms with van der Waals surface area (Å²) < 4.78 is 1.99. The molecule has 1 unspecified atom stereocenters. The lowest BCUT2D eigenvalue weighted by Crippen LogP contribution is -2.40. The van der Waals surface area contributed by atoms with Crippen LogP contribution in [0.15, 0.2) is 11.6 Å². The summed E-state index contributed by atoms with van der Waals surface area (Å²) in [6, 6.07) is 0. The van der Waals surface area contributed by atoms with Crippen molar-refractivity contribution in [2.24, 2.45) is 0 Å². The van der Waals surface area contributed by atoms with Crippen molar-refractivity contribution >= 4 is 39.7 Å². The summed E-state index contributed by atoms with van der Waals surface area (Å²) in [5, 5.41) is 16.0. The van der Waals surface area contributed by atoms with E-state index in [1.807, 2.05) is 16.0 Å². The topological polar surface area (TPSA) is 49.6 Å². The molecule has 0 spiro atoms. The zero-order valence-electron chi connectivity index (χ0n) is 9.73. The Morgan fingerprint density at radius 3 is 3.28 bits per heavy atom. The molecule has 3 heterocycles. The molecule has 4 nitrogen and oxygen atoms in total. The number of fused-ring (bicyclic) bond motifs is 1. The highest BCUT2D eigenvalue weighted by Gasteiger charge is 2.31. The van der Waals surface area contributed by atoms with Crippen molar-refractivity contribution in [1.29, 1.82) is 0 Å². The molecule has 0 radical (unpaired) electrons. The van der Waals surface area contributed by atoms with Crippen LogP contribution in [0.3, 0.4) is 0 Å². The first-order valence-electron chi connectivity index (χ1n) is 5.79. The highest BCUT2D eigenvalue weighted by molar-refractivity contribution is 7.99. The van der Waals surface area contributed by atoms with Crippen molar-refractivity contribution in [3.05, 3.63) is 22.4 Å². The molecule has 3 rings (SSSR count). The average Bonchev–Trinajstić information content (AvgIpc) is 2.99. The van der Waals surface area contributed by atoms with Gasteiger partial charge >= 0.3 is 0 Å². The summed E-state index contributed by atoms with van der Waals surface area (Å²) in [4.78, 5) is 5.19. The Balaban J connectivity index is 1.66. The number of aliphatic hydroxyl groups is 1. The van der Waals surface area contributed by atoms with Crippen molar-refractivity contribution in [1.82, 2.24) is 14.7 Å². The monoisotopic (exact) mass is 303 g/mol. The molecular weight excluding hydrogens is 290 g/mol. The molecule has 1 fully saturated rings. The van der Waals surface area contributed by atoms with Crippen molar-refractivity contribution in [3.63, 3.8) is 0 Å². The van der Waals surface area contributed by atoms with Crippen LogP contribution < -0.4 is 5.32 Å². The molecule has 1 aliphatic rings. The van der Waals surface area contributed by atoms with E-state index in [9.17, 15) is 5.11 Å². The molecule has 1 saturated heterocycles. The lowest BCUT2D eigenvalue weighted by atomic mass is 10.0. The van der Waals surface area contributed by atoms with E-state index in [1.54, 1.807) is 23.1 Å². The number of thioether (sulfide) groups is 1. The third-order valence-corrected chi connectivity index (χ3v) is 5.43. The van der Waals surface area contributed by atoms with Gasteiger partial charge in [0.15, 0.2) is 10.1 Å². The van der Waals surface area contributed by atoms with Gasteiger partial charge in [-0.05, 0) is 12.2 Å². The number of hydrogen-bond acceptors (Lipinski definition) is 5. The van der Waals surface area contributed by atoms with Crippen LogP contribution in [0.2, 0.25) is 5.15 Å². The van der Waals surface area contributed by atoms with Crippen LogP contribution >= 0.6 is 34.7 Å². The minimum Gasteiger partial charge on any atom is -0.388 e. The first-order chi connectivity index (χ1) is 8.68. The smallest absolute Gasteiger partial charge is 0.195 e. The lowest BCUT2D eigenvalue weighted by Gasteiger charge is -2.21. The van der Waals surface area contributed by atoms with Crippen molar-refractivity contribution in [3.8, 4) is 0 Å². The first kappa shape index (κ1) is 12.7. The number of rotatable bonds is 4. The highest BCUT2D eigenvalue weighted by Crippen LogP contribution is 2.27. The molecule has 0 bridgehead atoms. The fourth-order valence-corrected chi connectivity index (χ4v) is 4.43. The third kappa shape index (κ3) is 2.40. The van der Waals surface area contributed by atoms with Gasteiger partial charge in [0.2, 0.25) is 0 Å². The van der Waals surface area contributed by atoms with E-state index < -0.39 is 5.60 Å². The molecule has 2 N–H and O–H groups in total. The van der Waals surface area contributed by atoms with E-state index in [2.05, 4.69) is 10.3 Å². The van der Waals surface area contributed by atoms with Crippen LogP contribution in [0.5, 0.6) is 0 Å². The fourth-order valence-electron chi connectivity index (χ4n) is 2.11. The van der Waals surface area contributed by atoms with Gasteiger partial charge in [-0.15, -0.1) is 11.3 Å². The van der Waals surface area contributed by atoms with E-state index in [-0.39, 0.29) is 0 Å². The summed E-state index contributed by atoms with van der Waals surface area (Å²) in [6.45, 7) is 1.23. The van der Waals surface area contributed by atoms with E-state index in [4.69, 9.17) is 11.6 Å². The minimum absolute atomic E-state index is 0.544. The second-order valence-electron chi connectivity index (χ2n) is 4.54. The molecule has 7 heteroatoms. The Hall–Kier alpha value is -0.270. The number of nitrogens with zero attached hydrogens (tertiary/aromatic N) is 2. The zero-order chi connectivity index (χ0) is 12.6. The number of halogens is 1. The van der Waals surface area contributed by atoms with E-state index in [0.717, 1.165) is 28.6 Å². The molecule has 0 saturated carbocycles. The Morgan fingerprint density at radius 2 is 2.50 bits per heavy atom. The lowest BCUT2D eigenvalue weighted by molar-refractivity contribution is 0.0674. The Labute approximate surface area is 118 Å². The van der Waals surface area contributed by atoms with Crippen molar-refractivity contribution < 1.29 is 5.11 Å². The van der Waals surface area contributed by atoms with E-state index in [0.29, 0.717) is 18.2 Å². The van der Waals surface area contributed by atoms with Crippen LogP contribution in [0.25, 0.3) is 4.96 Å². The average molecular weight is 304 g/mol. The van der Waals surface area contributed by atoms with Crippen LogP contribution in [0.1, 0.15) is 12.1 Å². The van der Waals surface area contributed by atoms with Crippen molar-refractivity contribution in [2.45, 2.75) is 18.6 Å². The molecule has 1 atom stereocenters. The Morgan fingerprint density at radius 1 is 1.61 bits per heavy atom. The maximum atomic E-state index is 10.2. The fraction of sp³-hybridized carbons (Fsp3) is 0.545. The van der Waals surface area contributed by atoms with Gasteiger partial charge in [0, 0.05) is 30.4 Å². The number of nitrogens with one attached hydrogen (secondary N) is 1. The summed E-state index contributed by atoms with van der Waals surface area (Å²) in [6.07, 6.45) is 2.83. The van der Waals surface area contributed by atoms with Gasteiger partial charge in [-0.2, -0.15) is 11.8 Å². The zero-order valence-corrected chi connectivity index (χ0v) is 12.1. The molecular formula is C11H14ClN3OS2. The molecule has 2 aromatic rings. The Bertz CT molecular complexity index is 547. The number of imidazole rings is 1. The molecule has 2 aromatic heterocycles. The van der Waals surface area contributed by atoms with E-state index >= 15 is 0 Å². The van der Waals surface area contributed by atoms with E-state index in [1.165, 1.54) is 0 Å². The standard InChI is InChI=1S/C11H14ClN3OS2/c12-9-8(15-2-4-18-10(15)14-9)5-13-6-11(16)1-3-17-7-11/h2,4,13,16H,1,3,5-7H2. The van der Waals surface area contributed by atoms with Gasteiger partial charge in [0.25, 0.3) is 0 Å². The van der Waals surface area contributed by atoms with Gasteiger partial charge in [0.05, 0.1) is 11.3 Å². The highest BCUT2D eigenvalue weighted by atomic mass is 35.5. The van der Waals surface area contributed by atoms with Gasteiger partial charge in [-0.25, -0.2) is 4.98 Å². The first-order valence-corrected chi connectivity index (χ1v) is 8.20. The largest absolute Gasteiger partial charge is 0.388 e. The van der Waals surface area contributed by atoms with Gasteiger partial charge in [0.1, 0.15) is 0 Å². The summed E-state index contributed by atoms with van der Waals surface area (Å²) in [5.74, 6) is 1.86. The van der Waals surface area contributed by atoms with Crippen LogP contribution in [0, 0.1) is 0 Å². The molecule has 98 valence electrons. The Kier molecular flexibility index (Phi) is 3.55.